The summed E-state index contributed by atoms with van der Waals surface area (Å²) in [6.45, 7) is 11.9. The Balaban J connectivity index is 1.19. The Kier molecular flexibility index (Phi) is 13.0. The van der Waals surface area contributed by atoms with Crippen molar-refractivity contribution < 1.29 is 32.1 Å². The average molecular weight is 740 g/mol. The largest absolute Gasteiger partial charge is 0.475 e. The fraction of sp³-hybridized carbons (Fsp3) is 0.514. The minimum Gasteiger partial charge on any atom is -0.463 e. The zero-order valence-corrected chi connectivity index (χ0v) is 31.7. The molecule has 2 heterocycles. The molecule has 0 saturated heterocycles. The second-order valence-electron chi connectivity index (χ2n) is 14.9. The van der Waals surface area contributed by atoms with Crippen molar-refractivity contribution in [3.05, 3.63) is 66.1 Å². The van der Waals surface area contributed by atoms with Gasteiger partial charge in [0.25, 0.3) is 0 Å². The Morgan fingerprint density at radius 2 is 1.71 bits per heavy atom. The first-order chi connectivity index (χ1) is 24.6. The molecule has 0 radical (unpaired) electrons. The van der Waals surface area contributed by atoms with Crippen LogP contribution in [0.4, 0.5) is 21.7 Å². The molecule has 2 aromatic heterocycles. The van der Waals surface area contributed by atoms with Crippen molar-refractivity contribution in [3.8, 4) is 6.01 Å². The van der Waals surface area contributed by atoms with Crippen LogP contribution in [0.5, 0.6) is 6.01 Å². The maximum atomic E-state index is 13.5. The number of para-hydroxylation sites is 1. The lowest BCUT2D eigenvalue weighted by atomic mass is 9.95. The highest BCUT2D eigenvalue weighted by molar-refractivity contribution is 7.48. The molecule has 1 saturated carbocycles. The van der Waals surface area contributed by atoms with Crippen molar-refractivity contribution in [3.63, 3.8) is 0 Å². The minimum absolute atomic E-state index is 0.0150. The molecular formula is C37H51FN7O6P. The summed E-state index contributed by atoms with van der Waals surface area (Å²) in [5.74, 6) is 0.699. The standard InChI is InChI=1S/C37H51FN7O6P/c1-36(2,3)50-52(47,51-37(4,5)6)49-21-19-39-30(25-12-7-8-13-25)18-20-48-35-41-31-17-10-9-16-29(31)34(43-35)42-32-23-28(44-45-32)24-33(46)40-27-15-11-14-26(38)22-27/h9-11,14-17,22-23,25,30,39H,7-8,12-13,18-21,24H2,1-6H3,(H,40,46)(H2,41,42,43,44,45). The topological polar surface area (TPSA) is 162 Å². The number of amides is 1. The van der Waals surface area contributed by atoms with E-state index in [1.807, 2.05) is 65.8 Å². The number of nitrogens with zero attached hydrogens (tertiary/aromatic N) is 3. The van der Waals surface area contributed by atoms with E-state index >= 15 is 0 Å². The van der Waals surface area contributed by atoms with E-state index < -0.39 is 24.8 Å². The third-order valence-electron chi connectivity index (χ3n) is 8.08. The van der Waals surface area contributed by atoms with Gasteiger partial charge in [0, 0.05) is 35.4 Å². The van der Waals surface area contributed by atoms with E-state index in [0.29, 0.717) is 54.0 Å². The minimum atomic E-state index is -3.80. The van der Waals surface area contributed by atoms with E-state index in [-0.39, 0.29) is 31.0 Å². The first kappa shape index (κ1) is 39.3. The Bertz CT molecular complexity index is 1820. The van der Waals surface area contributed by atoms with Gasteiger partial charge in [0.2, 0.25) is 5.91 Å². The number of anilines is 3. The zero-order chi connectivity index (χ0) is 37.4. The van der Waals surface area contributed by atoms with Crippen molar-refractivity contribution in [2.24, 2.45) is 5.92 Å². The summed E-state index contributed by atoms with van der Waals surface area (Å²) in [7, 11) is -3.80. The number of benzene rings is 2. The number of phosphoric ester groups is 1. The lowest BCUT2D eigenvalue weighted by Gasteiger charge is -2.31. The monoisotopic (exact) mass is 739 g/mol. The molecule has 1 atom stereocenters. The molecule has 0 aliphatic heterocycles. The van der Waals surface area contributed by atoms with E-state index in [1.165, 1.54) is 31.0 Å². The van der Waals surface area contributed by atoms with Crippen molar-refractivity contribution in [2.45, 2.75) is 97.3 Å². The maximum absolute atomic E-state index is 13.5. The van der Waals surface area contributed by atoms with Crippen LogP contribution < -0.4 is 20.7 Å². The Hall–Kier alpha value is -3.94. The van der Waals surface area contributed by atoms with Crippen LogP contribution in [0.3, 0.4) is 0 Å². The van der Waals surface area contributed by atoms with Gasteiger partial charge < -0.3 is 20.7 Å². The second kappa shape index (κ2) is 17.3. The molecule has 5 rings (SSSR count). The van der Waals surface area contributed by atoms with Crippen molar-refractivity contribution >= 4 is 42.0 Å². The van der Waals surface area contributed by atoms with E-state index in [9.17, 15) is 13.8 Å². The van der Waals surface area contributed by atoms with Crippen LogP contribution in [-0.4, -0.2) is 63.1 Å². The number of aromatic amines is 1. The fourth-order valence-electron chi connectivity index (χ4n) is 6.08. The number of carbonyl (C=O) groups is 1. The number of halogens is 1. The number of aromatic nitrogens is 4. The van der Waals surface area contributed by atoms with Crippen molar-refractivity contribution in [1.82, 2.24) is 25.5 Å². The summed E-state index contributed by atoms with van der Waals surface area (Å²) in [5, 5.41) is 17.5. The third-order valence-corrected chi connectivity index (χ3v) is 10.1. The maximum Gasteiger partial charge on any atom is 0.475 e. The van der Waals surface area contributed by atoms with Gasteiger partial charge in [-0.15, -0.1) is 0 Å². The van der Waals surface area contributed by atoms with Gasteiger partial charge in [0.1, 0.15) is 11.6 Å². The average Bonchev–Trinajstić information content (AvgIpc) is 3.73. The summed E-state index contributed by atoms with van der Waals surface area (Å²) < 4.78 is 50.4. The Morgan fingerprint density at radius 1 is 0.981 bits per heavy atom. The molecule has 1 amide bonds. The van der Waals surface area contributed by atoms with Crippen molar-refractivity contribution in [1.29, 1.82) is 0 Å². The molecule has 282 valence electrons. The third kappa shape index (κ3) is 12.3. The van der Waals surface area contributed by atoms with Crippen molar-refractivity contribution in [2.75, 3.05) is 30.4 Å². The van der Waals surface area contributed by atoms with Crippen LogP contribution in [0.2, 0.25) is 0 Å². The van der Waals surface area contributed by atoms with Crippen LogP contribution in [0.1, 0.15) is 79.3 Å². The number of hydrogen-bond acceptors (Lipinski definition) is 11. The highest BCUT2D eigenvalue weighted by atomic mass is 31.2. The Labute approximate surface area is 304 Å². The molecule has 15 heteroatoms. The van der Waals surface area contributed by atoms with Crippen LogP contribution in [0, 0.1) is 11.7 Å². The molecule has 1 aliphatic carbocycles. The van der Waals surface area contributed by atoms with E-state index in [1.54, 1.807) is 12.1 Å². The first-order valence-electron chi connectivity index (χ1n) is 17.8. The van der Waals surface area contributed by atoms with Gasteiger partial charge in [-0.25, -0.2) is 8.96 Å². The molecule has 1 fully saturated rings. The quantitative estimate of drug-likeness (QED) is 0.0612. The number of carbonyl (C=O) groups excluding carboxylic acids is 1. The molecule has 52 heavy (non-hydrogen) atoms. The van der Waals surface area contributed by atoms with Gasteiger partial charge in [-0.1, -0.05) is 31.0 Å². The van der Waals surface area contributed by atoms with Crippen LogP contribution in [0.15, 0.2) is 54.6 Å². The molecule has 13 nitrogen and oxygen atoms in total. The molecular weight excluding hydrogens is 688 g/mol. The van der Waals surface area contributed by atoms with E-state index in [2.05, 4.69) is 36.1 Å². The number of phosphoric acid groups is 1. The fourth-order valence-corrected chi connectivity index (χ4v) is 7.88. The smallest absolute Gasteiger partial charge is 0.463 e. The zero-order valence-electron chi connectivity index (χ0n) is 30.8. The number of H-pyrrole nitrogens is 1. The lowest BCUT2D eigenvalue weighted by molar-refractivity contribution is -0.115. The molecule has 4 aromatic rings. The van der Waals surface area contributed by atoms with Gasteiger partial charge in [-0.3, -0.25) is 23.5 Å². The predicted molar refractivity (Wildman–Crippen MR) is 199 cm³/mol. The van der Waals surface area contributed by atoms with Gasteiger partial charge in [0.15, 0.2) is 5.82 Å². The summed E-state index contributed by atoms with van der Waals surface area (Å²) in [6.07, 6.45) is 5.33. The van der Waals surface area contributed by atoms with Crippen LogP contribution in [0.25, 0.3) is 10.9 Å². The number of ether oxygens (including phenoxy) is 1. The van der Waals surface area contributed by atoms with E-state index in [0.717, 1.165) is 18.2 Å². The lowest BCUT2D eigenvalue weighted by Crippen LogP contribution is -2.38. The number of fused-ring (bicyclic) bond motifs is 1. The van der Waals surface area contributed by atoms with Gasteiger partial charge in [-0.05, 0) is 97.1 Å². The highest BCUT2D eigenvalue weighted by Crippen LogP contribution is 2.55. The normalized spacial score (nSPS) is 14.8. The van der Waals surface area contributed by atoms with E-state index in [4.69, 9.17) is 18.3 Å². The van der Waals surface area contributed by atoms with Crippen LogP contribution >= 0.6 is 7.82 Å². The SMILES string of the molecule is CC(C)(C)OP(=O)(OCCNC(CCOc1nc(Nc2cc(CC(=O)Nc3cccc(F)c3)[nH]n2)c2ccccc2n1)C1CCCC1)OC(C)(C)C. The van der Waals surface area contributed by atoms with Gasteiger partial charge in [-0.2, -0.15) is 15.1 Å². The van der Waals surface area contributed by atoms with Gasteiger partial charge >= 0.3 is 13.8 Å². The molecule has 2 aromatic carbocycles. The Morgan fingerprint density at radius 3 is 2.42 bits per heavy atom. The summed E-state index contributed by atoms with van der Waals surface area (Å²) in [4.78, 5) is 21.9. The summed E-state index contributed by atoms with van der Waals surface area (Å²) in [5.41, 5.74) is 0.227. The number of rotatable bonds is 17. The molecule has 0 spiro atoms. The number of nitrogens with one attached hydrogen (secondary N) is 4. The highest BCUT2D eigenvalue weighted by Gasteiger charge is 2.37. The molecule has 4 N–H and O–H groups in total. The molecule has 0 bridgehead atoms. The molecule has 1 aliphatic rings. The predicted octanol–water partition coefficient (Wildman–Crippen LogP) is 8.09. The summed E-state index contributed by atoms with van der Waals surface area (Å²) in [6, 6.07) is 15.4. The van der Waals surface area contributed by atoms with Crippen LogP contribution in [-0.2, 0) is 29.4 Å². The number of hydrogen-bond donors (Lipinski definition) is 4. The summed E-state index contributed by atoms with van der Waals surface area (Å²) >= 11 is 0. The van der Waals surface area contributed by atoms with Gasteiger partial charge in [0.05, 0.1) is 36.4 Å². The second-order valence-corrected chi connectivity index (χ2v) is 16.5. The first-order valence-corrected chi connectivity index (χ1v) is 19.2. The molecule has 1 unspecified atom stereocenters.